The molecular weight excluding hydrogens is 302 g/mol. The monoisotopic (exact) mass is 325 g/mol. The molecule has 2 aliphatic rings. The summed E-state index contributed by atoms with van der Waals surface area (Å²) in [7, 11) is 0. The molecule has 1 amide bonds. The largest absolute Gasteiger partial charge is 0.357 e. The molecule has 1 saturated heterocycles. The molecule has 1 aliphatic heterocycles. The van der Waals surface area contributed by atoms with Crippen molar-refractivity contribution < 1.29 is 4.79 Å². The maximum absolute atomic E-state index is 12.5. The minimum atomic E-state index is -0.179. The van der Waals surface area contributed by atoms with E-state index in [0.29, 0.717) is 11.7 Å². The minimum absolute atomic E-state index is 0.179. The maximum Gasteiger partial charge on any atom is 0.274 e. The van der Waals surface area contributed by atoms with Crippen molar-refractivity contribution in [2.45, 2.75) is 44.6 Å². The van der Waals surface area contributed by atoms with Gasteiger partial charge in [-0.1, -0.05) is 6.07 Å². The van der Waals surface area contributed by atoms with Crippen LogP contribution in [-0.2, 0) is 0 Å². The molecule has 1 N–H and O–H groups in total. The van der Waals surface area contributed by atoms with E-state index in [9.17, 15) is 4.79 Å². The lowest BCUT2D eigenvalue weighted by molar-refractivity contribution is 0.102. The van der Waals surface area contributed by atoms with Gasteiger partial charge in [-0.15, -0.1) is 0 Å². The van der Waals surface area contributed by atoms with Gasteiger partial charge in [-0.25, -0.2) is 4.98 Å². The molecule has 2 aromatic heterocycles. The molecule has 3 heterocycles. The SMILES string of the molecule is O=C(Nc1cnn(C2CCC2)c1)c1cccc(N2CCCCC2)n1. The molecule has 6 nitrogen and oxygen atoms in total. The highest BCUT2D eigenvalue weighted by Crippen LogP contribution is 2.31. The summed E-state index contributed by atoms with van der Waals surface area (Å²) < 4.78 is 1.96. The van der Waals surface area contributed by atoms with Crippen molar-refractivity contribution in [3.05, 3.63) is 36.3 Å². The first kappa shape index (κ1) is 15.2. The van der Waals surface area contributed by atoms with Crippen molar-refractivity contribution in [1.29, 1.82) is 0 Å². The molecule has 1 aliphatic carbocycles. The highest BCUT2D eigenvalue weighted by Gasteiger charge is 2.20. The maximum atomic E-state index is 12.5. The molecule has 0 unspecified atom stereocenters. The summed E-state index contributed by atoms with van der Waals surface area (Å²) in [6.45, 7) is 2.04. The lowest BCUT2D eigenvalue weighted by Crippen LogP contribution is -2.30. The number of aromatic nitrogens is 3. The number of nitrogens with zero attached hydrogens (tertiary/aromatic N) is 4. The van der Waals surface area contributed by atoms with Crippen LogP contribution < -0.4 is 10.2 Å². The third-order valence-corrected chi connectivity index (χ3v) is 4.96. The van der Waals surface area contributed by atoms with Crippen LogP contribution in [0, 0.1) is 0 Å². The Morgan fingerprint density at radius 3 is 2.71 bits per heavy atom. The van der Waals surface area contributed by atoms with Crippen LogP contribution in [0.2, 0.25) is 0 Å². The Morgan fingerprint density at radius 2 is 1.96 bits per heavy atom. The molecule has 2 fully saturated rings. The van der Waals surface area contributed by atoms with Crippen LogP contribution in [0.5, 0.6) is 0 Å². The topological polar surface area (TPSA) is 63.1 Å². The van der Waals surface area contributed by atoms with Crippen molar-refractivity contribution in [1.82, 2.24) is 14.8 Å². The van der Waals surface area contributed by atoms with Crippen LogP contribution in [0.15, 0.2) is 30.6 Å². The summed E-state index contributed by atoms with van der Waals surface area (Å²) in [5.74, 6) is 0.717. The summed E-state index contributed by atoms with van der Waals surface area (Å²) in [6.07, 6.45) is 10.9. The summed E-state index contributed by atoms with van der Waals surface area (Å²) >= 11 is 0. The van der Waals surface area contributed by atoms with Crippen LogP contribution in [-0.4, -0.2) is 33.8 Å². The van der Waals surface area contributed by atoms with E-state index in [1.807, 2.05) is 23.0 Å². The average molecular weight is 325 g/mol. The second-order valence-electron chi connectivity index (χ2n) is 6.68. The summed E-state index contributed by atoms with van der Waals surface area (Å²) in [5.41, 5.74) is 1.19. The van der Waals surface area contributed by atoms with Gasteiger partial charge in [-0.05, 0) is 50.7 Å². The van der Waals surface area contributed by atoms with Gasteiger partial charge in [0.15, 0.2) is 0 Å². The van der Waals surface area contributed by atoms with E-state index in [2.05, 4.69) is 20.3 Å². The minimum Gasteiger partial charge on any atom is -0.357 e. The fraction of sp³-hybridized carbons (Fsp3) is 0.500. The Kier molecular flexibility index (Phi) is 4.19. The van der Waals surface area contributed by atoms with E-state index in [0.717, 1.165) is 24.6 Å². The number of amides is 1. The van der Waals surface area contributed by atoms with E-state index in [-0.39, 0.29) is 5.91 Å². The Bertz CT molecular complexity index is 716. The molecule has 24 heavy (non-hydrogen) atoms. The number of rotatable bonds is 4. The Hall–Kier alpha value is -2.37. The average Bonchev–Trinajstić information content (AvgIpc) is 3.02. The smallest absolute Gasteiger partial charge is 0.274 e. The number of hydrogen-bond acceptors (Lipinski definition) is 4. The quantitative estimate of drug-likeness (QED) is 0.937. The Morgan fingerprint density at radius 1 is 1.12 bits per heavy atom. The fourth-order valence-electron chi connectivity index (χ4n) is 3.30. The van der Waals surface area contributed by atoms with Gasteiger partial charge in [0.1, 0.15) is 11.5 Å². The summed E-state index contributed by atoms with van der Waals surface area (Å²) in [4.78, 5) is 19.3. The third kappa shape index (κ3) is 3.13. The molecule has 0 bridgehead atoms. The lowest BCUT2D eigenvalue weighted by atomic mass is 9.93. The molecule has 1 saturated carbocycles. The standard InChI is InChI=1S/C18H23N5O/c24-18(20-14-12-19-23(13-14)15-6-4-7-15)16-8-5-9-17(21-16)22-10-2-1-3-11-22/h5,8-9,12-13,15H,1-4,6-7,10-11H2,(H,20,24). The predicted octanol–water partition coefficient (Wildman–Crippen LogP) is 3.25. The van der Waals surface area contributed by atoms with Crippen molar-refractivity contribution in [2.24, 2.45) is 0 Å². The molecule has 0 spiro atoms. The first-order valence-corrected chi connectivity index (χ1v) is 8.87. The third-order valence-electron chi connectivity index (χ3n) is 4.96. The zero-order chi connectivity index (χ0) is 16.4. The lowest BCUT2D eigenvalue weighted by Gasteiger charge is -2.27. The van der Waals surface area contributed by atoms with E-state index in [1.54, 1.807) is 12.3 Å². The second-order valence-corrected chi connectivity index (χ2v) is 6.68. The highest BCUT2D eigenvalue weighted by molar-refractivity contribution is 6.02. The van der Waals surface area contributed by atoms with Crippen LogP contribution in [0.4, 0.5) is 11.5 Å². The van der Waals surface area contributed by atoms with E-state index >= 15 is 0 Å². The van der Waals surface area contributed by atoms with Gasteiger partial charge in [-0.2, -0.15) is 5.10 Å². The van der Waals surface area contributed by atoms with Gasteiger partial charge < -0.3 is 10.2 Å². The zero-order valence-corrected chi connectivity index (χ0v) is 13.8. The van der Waals surface area contributed by atoms with Gasteiger partial charge >= 0.3 is 0 Å². The number of anilines is 2. The Labute approximate surface area is 141 Å². The molecule has 0 atom stereocenters. The van der Waals surface area contributed by atoms with Crippen LogP contribution in [0.25, 0.3) is 0 Å². The number of carbonyl (C=O) groups excluding carboxylic acids is 1. The Balaban J connectivity index is 1.44. The van der Waals surface area contributed by atoms with Gasteiger partial charge in [0.25, 0.3) is 5.91 Å². The van der Waals surface area contributed by atoms with Crippen LogP contribution in [0.3, 0.4) is 0 Å². The zero-order valence-electron chi connectivity index (χ0n) is 13.8. The molecule has 0 radical (unpaired) electrons. The number of piperidine rings is 1. The predicted molar refractivity (Wildman–Crippen MR) is 93.4 cm³/mol. The van der Waals surface area contributed by atoms with Gasteiger partial charge in [0, 0.05) is 19.3 Å². The van der Waals surface area contributed by atoms with Crippen LogP contribution in [0.1, 0.15) is 55.1 Å². The second kappa shape index (κ2) is 6.63. The summed E-state index contributed by atoms with van der Waals surface area (Å²) in [6, 6.07) is 6.15. The summed E-state index contributed by atoms with van der Waals surface area (Å²) in [5, 5.41) is 7.26. The van der Waals surface area contributed by atoms with Gasteiger partial charge in [0.2, 0.25) is 0 Å². The van der Waals surface area contributed by atoms with Crippen LogP contribution >= 0.6 is 0 Å². The highest BCUT2D eigenvalue weighted by atomic mass is 16.1. The van der Waals surface area contributed by atoms with Crippen molar-refractivity contribution in [2.75, 3.05) is 23.3 Å². The number of nitrogens with one attached hydrogen (secondary N) is 1. The number of carbonyl (C=O) groups is 1. The first-order valence-electron chi connectivity index (χ1n) is 8.87. The van der Waals surface area contributed by atoms with Crippen molar-refractivity contribution in [3.8, 4) is 0 Å². The van der Waals surface area contributed by atoms with Gasteiger partial charge in [0.05, 0.1) is 17.9 Å². The fourth-order valence-corrected chi connectivity index (χ4v) is 3.30. The van der Waals surface area contributed by atoms with Gasteiger partial charge in [-0.3, -0.25) is 9.48 Å². The van der Waals surface area contributed by atoms with Crippen molar-refractivity contribution in [3.63, 3.8) is 0 Å². The van der Waals surface area contributed by atoms with E-state index < -0.39 is 0 Å². The normalized spacial score (nSPS) is 18.2. The number of pyridine rings is 1. The molecule has 0 aromatic carbocycles. The molecule has 6 heteroatoms. The molecule has 4 rings (SSSR count). The number of hydrogen-bond donors (Lipinski definition) is 1. The van der Waals surface area contributed by atoms with E-state index in [1.165, 1.54) is 38.5 Å². The first-order chi connectivity index (χ1) is 11.8. The molecule has 2 aromatic rings. The molecular formula is C18H23N5O. The van der Waals surface area contributed by atoms with E-state index in [4.69, 9.17) is 0 Å². The van der Waals surface area contributed by atoms with Crippen molar-refractivity contribution >= 4 is 17.4 Å². The molecule has 126 valence electrons.